The van der Waals surface area contributed by atoms with Crippen LogP contribution in [-0.4, -0.2) is 28.6 Å². The number of fused-ring (bicyclic) bond motifs is 1. The van der Waals surface area contributed by atoms with Crippen LogP contribution in [0.25, 0.3) is 11.0 Å². The van der Waals surface area contributed by atoms with E-state index in [1.807, 2.05) is 24.3 Å². The number of aromatic nitrogens is 2. The zero-order chi connectivity index (χ0) is 21.0. The number of aryl methyl sites for hydroxylation is 1. The molecule has 7 heteroatoms. The minimum Gasteiger partial charge on any atom is -0.492 e. The van der Waals surface area contributed by atoms with Gasteiger partial charge in [0.25, 0.3) is 5.91 Å². The van der Waals surface area contributed by atoms with Crippen molar-refractivity contribution in [1.82, 2.24) is 14.9 Å². The molecule has 3 aromatic rings. The molecule has 0 saturated heterocycles. The minimum atomic E-state index is -0.700. The van der Waals surface area contributed by atoms with Crippen LogP contribution in [0.2, 0.25) is 0 Å². The van der Waals surface area contributed by atoms with E-state index in [-0.39, 0.29) is 5.91 Å². The summed E-state index contributed by atoms with van der Waals surface area (Å²) in [5.41, 5.74) is 1.38. The number of carbonyl (C=O) groups is 1. The fraction of sp³-hybridized carbons (Fsp3) is 0.318. The van der Waals surface area contributed by atoms with Gasteiger partial charge in [-0.15, -0.1) is 0 Å². The first-order valence-corrected chi connectivity index (χ1v) is 9.68. The summed E-state index contributed by atoms with van der Waals surface area (Å²) in [4.78, 5) is 38.6. The van der Waals surface area contributed by atoms with Crippen LogP contribution in [0.15, 0.2) is 52.1 Å². The second-order valence-corrected chi connectivity index (χ2v) is 7.06. The fourth-order valence-electron chi connectivity index (χ4n) is 3.12. The van der Waals surface area contributed by atoms with Gasteiger partial charge in [0.1, 0.15) is 12.4 Å². The third kappa shape index (κ3) is 4.56. The highest BCUT2D eigenvalue weighted by Crippen LogP contribution is 2.18. The van der Waals surface area contributed by atoms with E-state index in [0.29, 0.717) is 42.2 Å². The highest BCUT2D eigenvalue weighted by atomic mass is 16.5. The Morgan fingerprint density at radius 2 is 1.86 bits per heavy atom. The van der Waals surface area contributed by atoms with Crippen LogP contribution in [0.1, 0.15) is 42.6 Å². The van der Waals surface area contributed by atoms with Crippen molar-refractivity contribution in [1.29, 1.82) is 0 Å². The quantitative estimate of drug-likeness (QED) is 0.475. The molecule has 0 fully saturated rings. The number of nitrogens with one attached hydrogen (secondary N) is 2. The van der Waals surface area contributed by atoms with Crippen molar-refractivity contribution in [2.24, 2.45) is 0 Å². The summed E-state index contributed by atoms with van der Waals surface area (Å²) in [6.45, 7) is 7.11. The highest BCUT2D eigenvalue weighted by Gasteiger charge is 2.10. The normalized spacial score (nSPS) is 11.0. The van der Waals surface area contributed by atoms with Crippen molar-refractivity contribution in [2.45, 2.75) is 33.2 Å². The Labute approximate surface area is 168 Å². The van der Waals surface area contributed by atoms with E-state index in [1.165, 1.54) is 10.1 Å². The molecule has 0 saturated carbocycles. The number of nitrogens with zero attached hydrogens (tertiary/aromatic N) is 1. The molecule has 2 aromatic carbocycles. The summed E-state index contributed by atoms with van der Waals surface area (Å²) >= 11 is 0. The van der Waals surface area contributed by atoms with Gasteiger partial charge in [-0.1, -0.05) is 26.0 Å². The first kappa shape index (κ1) is 20.4. The second kappa shape index (κ2) is 8.77. The SMILES string of the molecule is CCn1c(=O)c(=O)[nH]c2cc(C(=O)NCCOc3ccc(C(C)C)cc3)ccc21. The molecule has 0 aliphatic carbocycles. The molecule has 0 atom stereocenters. The Hall–Kier alpha value is -3.35. The van der Waals surface area contributed by atoms with Crippen LogP contribution in [-0.2, 0) is 6.54 Å². The van der Waals surface area contributed by atoms with Crippen LogP contribution in [0, 0.1) is 0 Å². The molecule has 1 amide bonds. The van der Waals surface area contributed by atoms with Gasteiger partial charge in [-0.2, -0.15) is 0 Å². The molecule has 1 aromatic heterocycles. The molecular weight excluding hydrogens is 370 g/mol. The standard InChI is InChI=1S/C22H25N3O4/c1-4-25-19-10-7-16(13-18(19)24-21(27)22(25)28)20(26)23-11-12-29-17-8-5-15(6-9-17)14(2)3/h5-10,13-14H,4,11-12H2,1-3H3,(H,23,26)(H,24,27). The molecule has 0 radical (unpaired) electrons. The van der Waals surface area contributed by atoms with Gasteiger partial charge in [0.15, 0.2) is 0 Å². The maximum Gasteiger partial charge on any atom is 0.316 e. The van der Waals surface area contributed by atoms with E-state index < -0.39 is 11.1 Å². The van der Waals surface area contributed by atoms with E-state index in [9.17, 15) is 14.4 Å². The number of ether oxygens (including phenoxy) is 1. The molecule has 0 spiro atoms. The molecule has 0 unspecified atom stereocenters. The van der Waals surface area contributed by atoms with Crippen LogP contribution >= 0.6 is 0 Å². The second-order valence-electron chi connectivity index (χ2n) is 7.06. The zero-order valence-corrected chi connectivity index (χ0v) is 16.8. The molecule has 152 valence electrons. The smallest absolute Gasteiger partial charge is 0.316 e. The van der Waals surface area contributed by atoms with Crippen molar-refractivity contribution < 1.29 is 9.53 Å². The van der Waals surface area contributed by atoms with Crippen molar-refractivity contribution in [3.05, 3.63) is 74.3 Å². The third-order valence-electron chi connectivity index (χ3n) is 4.76. The Balaban J connectivity index is 1.62. The maximum absolute atomic E-state index is 12.4. The Kier molecular flexibility index (Phi) is 6.16. The average Bonchev–Trinajstić information content (AvgIpc) is 2.72. The van der Waals surface area contributed by atoms with Gasteiger partial charge in [-0.25, -0.2) is 0 Å². The Morgan fingerprint density at radius 1 is 1.14 bits per heavy atom. The van der Waals surface area contributed by atoms with Crippen LogP contribution < -0.4 is 21.2 Å². The third-order valence-corrected chi connectivity index (χ3v) is 4.76. The molecule has 3 rings (SSSR count). The Morgan fingerprint density at radius 3 is 2.52 bits per heavy atom. The fourth-order valence-corrected chi connectivity index (χ4v) is 3.12. The number of carbonyl (C=O) groups excluding carboxylic acids is 1. The topological polar surface area (TPSA) is 93.2 Å². The molecular formula is C22H25N3O4. The van der Waals surface area contributed by atoms with E-state index >= 15 is 0 Å². The number of amides is 1. The number of rotatable bonds is 7. The lowest BCUT2D eigenvalue weighted by Crippen LogP contribution is -2.36. The molecule has 2 N–H and O–H groups in total. The molecule has 0 bridgehead atoms. The summed E-state index contributed by atoms with van der Waals surface area (Å²) in [7, 11) is 0. The van der Waals surface area contributed by atoms with Gasteiger partial charge >= 0.3 is 11.1 Å². The van der Waals surface area contributed by atoms with Gasteiger partial charge in [0.05, 0.1) is 17.6 Å². The van der Waals surface area contributed by atoms with Crippen LogP contribution in [0.5, 0.6) is 5.75 Å². The first-order valence-electron chi connectivity index (χ1n) is 9.68. The number of aromatic amines is 1. The first-order chi connectivity index (χ1) is 13.9. The average molecular weight is 395 g/mol. The lowest BCUT2D eigenvalue weighted by atomic mass is 10.0. The van der Waals surface area contributed by atoms with Crippen LogP contribution in [0.4, 0.5) is 0 Å². The number of hydrogen-bond donors (Lipinski definition) is 2. The van der Waals surface area contributed by atoms with Crippen LogP contribution in [0.3, 0.4) is 0 Å². The molecule has 7 nitrogen and oxygen atoms in total. The largest absolute Gasteiger partial charge is 0.492 e. The molecule has 0 aliphatic rings. The summed E-state index contributed by atoms with van der Waals surface area (Å²) < 4.78 is 7.04. The van der Waals surface area contributed by atoms with Gasteiger partial charge in [-0.3, -0.25) is 14.4 Å². The van der Waals surface area contributed by atoms with Crippen molar-refractivity contribution in [2.75, 3.05) is 13.2 Å². The molecule has 1 heterocycles. The summed E-state index contributed by atoms with van der Waals surface area (Å²) in [6.07, 6.45) is 0. The number of hydrogen-bond acceptors (Lipinski definition) is 4. The monoisotopic (exact) mass is 395 g/mol. The van der Waals surface area contributed by atoms with Gasteiger partial charge in [0, 0.05) is 12.1 Å². The number of H-pyrrole nitrogens is 1. The van der Waals surface area contributed by atoms with E-state index in [2.05, 4.69) is 24.1 Å². The summed E-state index contributed by atoms with van der Waals surface area (Å²) in [5.74, 6) is 0.942. The zero-order valence-electron chi connectivity index (χ0n) is 16.8. The van der Waals surface area contributed by atoms with Crippen molar-refractivity contribution >= 4 is 16.9 Å². The lowest BCUT2D eigenvalue weighted by molar-refractivity contribution is 0.0947. The molecule has 29 heavy (non-hydrogen) atoms. The predicted octanol–water partition coefficient (Wildman–Crippen LogP) is 2.64. The van der Waals surface area contributed by atoms with E-state index in [4.69, 9.17) is 4.74 Å². The highest BCUT2D eigenvalue weighted by molar-refractivity contribution is 5.97. The van der Waals surface area contributed by atoms with Crippen molar-refractivity contribution in [3.8, 4) is 5.75 Å². The summed E-state index contributed by atoms with van der Waals surface area (Å²) in [5, 5.41) is 2.79. The van der Waals surface area contributed by atoms with Gasteiger partial charge < -0.3 is 19.6 Å². The molecule has 0 aliphatic heterocycles. The lowest BCUT2D eigenvalue weighted by Gasteiger charge is -2.11. The number of benzene rings is 2. The summed E-state index contributed by atoms with van der Waals surface area (Å²) in [6, 6.07) is 12.8. The Bertz CT molecular complexity index is 1130. The van der Waals surface area contributed by atoms with Gasteiger partial charge in [-0.05, 0) is 48.7 Å². The van der Waals surface area contributed by atoms with Crippen molar-refractivity contribution in [3.63, 3.8) is 0 Å². The van der Waals surface area contributed by atoms with Gasteiger partial charge in [0.2, 0.25) is 0 Å². The maximum atomic E-state index is 12.4. The van der Waals surface area contributed by atoms with E-state index in [0.717, 1.165) is 5.75 Å². The minimum absolute atomic E-state index is 0.277. The predicted molar refractivity (Wildman–Crippen MR) is 113 cm³/mol. The van der Waals surface area contributed by atoms with E-state index in [1.54, 1.807) is 25.1 Å².